The Morgan fingerprint density at radius 1 is 1.18 bits per heavy atom. The van der Waals surface area contributed by atoms with Crippen LogP contribution in [0.25, 0.3) is 0 Å². The van der Waals surface area contributed by atoms with Crippen molar-refractivity contribution in [3.63, 3.8) is 0 Å². The molecule has 1 aliphatic rings. The Labute approximate surface area is 199 Å². The summed E-state index contributed by atoms with van der Waals surface area (Å²) in [5.74, 6) is -0.724. The standard InChI is InChI=1S/C27H33F3N2O2/c1-16(2)8-13-23(18-9-11-20(12-10-18)27(28,29)30)32-25(17(3)4)22(15-31)21-7-5-6-19(26(21)32)14-24(33)34/h9-12,16-17,19,23H,5-8,13-14H2,1-4H3,(H,33,34)/t19?,23-/m0/s1. The number of rotatable bonds is 8. The Morgan fingerprint density at radius 3 is 2.32 bits per heavy atom. The molecule has 1 unspecified atom stereocenters. The molecule has 0 saturated heterocycles. The van der Waals surface area contributed by atoms with Crippen molar-refractivity contribution >= 4 is 5.97 Å². The zero-order valence-corrected chi connectivity index (χ0v) is 20.2. The van der Waals surface area contributed by atoms with E-state index in [2.05, 4.69) is 24.5 Å². The lowest BCUT2D eigenvalue weighted by atomic mass is 9.83. The third kappa shape index (κ3) is 5.32. The number of alkyl halides is 3. The number of aliphatic carboxylic acids is 1. The molecule has 2 atom stereocenters. The van der Waals surface area contributed by atoms with Gasteiger partial charge in [-0.25, -0.2) is 0 Å². The van der Waals surface area contributed by atoms with Crippen LogP contribution in [0.5, 0.6) is 0 Å². The lowest BCUT2D eigenvalue weighted by Gasteiger charge is -2.31. The average molecular weight is 475 g/mol. The van der Waals surface area contributed by atoms with Crippen LogP contribution >= 0.6 is 0 Å². The Bertz CT molecular complexity index is 1060. The number of aromatic nitrogens is 1. The molecule has 1 aromatic heterocycles. The molecule has 1 aliphatic carbocycles. The van der Waals surface area contributed by atoms with Crippen molar-refractivity contribution in [2.24, 2.45) is 5.92 Å². The maximum absolute atomic E-state index is 13.2. The van der Waals surface area contributed by atoms with Gasteiger partial charge in [0.2, 0.25) is 0 Å². The van der Waals surface area contributed by atoms with Crippen molar-refractivity contribution in [2.45, 2.75) is 90.3 Å². The largest absolute Gasteiger partial charge is 0.481 e. The van der Waals surface area contributed by atoms with Crippen molar-refractivity contribution in [1.82, 2.24) is 4.57 Å². The van der Waals surface area contributed by atoms with Crippen molar-refractivity contribution in [2.75, 3.05) is 0 Å². The predicted molar refractivity (Wildman–Crippen MR) is 125 cm³/mol. The Morgan fingerprint density at radius 2 is 1.82 bits per heavy atom. The minimum atomic E-state index is -4.41. The molecule has 0 fully saturated rings. The number of nitrogens with zero attached hydrogens (tertiary/aromatic N) is 2. The number of hydrogen-bond acceptors (Lipinski definition) is 2. The minimum absolute atomic E-state index is 0.00160. The third-order valence-corrected chi connectivity index (χ3v) is 6.78. The van der Waals surface area contributed by atoms with Crippen LogP contribution in [0.2, 0.25) is 0 Å². The number of halogens is 3. The first-order valence-corrected chi connectivity index (χ1v) is 12.0. The van der Waals surface area contributed by atoms with Crippen molar-refractivity contribution in [3.05, 3.63) is 57.9 Å². The molecule has 0 saturated carbocycles. The van der Waals surface area contributed by atoms with Gasteiger partial charge in [0.25, 0.3) is 0 Å². The molecule has 7 heteroatoms. The van der Waals surface area contributed by atoms with Gasteiger partial charge < -0.3 is 9.67 Å². The summed E-state index contributed by atoms with van der Waals surface area (Å²) in [6.07, 6.45) is -0.652. The molecule has 0 spiro atoms. The van der Waals surface area contributed by atoms with Gasteiger partial charge in [0, 0.05) is 17.3 Å². The summed E-state index contributed by atoms with van der Waals surface area (Å²) in [6, 6.07) is 7.41. The number of carbonyl (C=O) groups is 1. The van der Waals surface area contributed by atoms with Crippen LogP contribution < -0.4 is 0 Å². The van der Waals surface area contributed by atoms with Gasteiger partial charge in [-0.3, -0.25) is 4.79 Å². The summed E-state index contributed by atoms with van der Waals surface area (Å²) in [6.45, 7) is 8.23. The topological polar surface area (TPSA) is 66.0 Å². The van der Waals surface area contributed by atoms with Crippen molar-refractivity contribution < 1.29 is 23.1 Å². The zero-order chi connectivity index (χ0) is 25.2. The normalized spacial score (nSPS) is 17.0. The second-order valence-corrected chi connectivity index (χ2v) is 10.1. The summed E-state index contributed by atoms with van der Waals surface area (Å²) in [4.78, 5) is 11.7. The molecular formula is C27H33F3N2O2. The van der Waals surface area contributed by atoms with Gasteiger partial charge in [0.05, 0.1) is 23.6 Å². The van der Waals surface area contributed by atoms with E-state index < -0.39 is 17.7 Å². The molecule has 4 nitrogen and oxygen atoms in total. The molecule has 1 N–H and O–H groups in total. The second kappa shape index (κ2) is 10.2. The van der Waals surface area contributed by atoms with Gasteiger partial charge in [0.1, 0.15) is 6.07 Å². The number of hydrogen-bond donors (Lipinski definition) is 1. The summed E-state index contributed by atoms with van der Waals surface area (Å²) < 4.78 is 41.8. The van der Waals surface area contributed by atoms with E-state index in [1.54, 1.807) is 0 Å². The van der Waals surface area contributed by atoms with Gasteiger partial charge in [0.15, 0.2) is 0 Å². The highest BCUT2D eigenvalue weighted by Crippen LogP contribution is 2.45. The molecule has 2 aromatic rings. The van der Waals surface area contributed by atoms with Crippen LogP contribution in [-0.4, -0.2) is 15.6 Å². The highest BCUT2D eigenvalue weighted by molar-refractivity contribution is 5.68. The molecule has 3 rings (SSSR count). The van der Waals surface area contributed by atoms with E-state index in [1.807, 2.05) is 13.8 Å². The lowest BCUT2D eigenvalue weighted by molar-refractivity contribution is -0.138. The first-order valence-electron chi connectivity index (χ1n) is 12.0. The maximum atomic E-state index is 13.2. The molecule has 0 bridgehead atoms. The van der Waals surface area contributed by atoms with Crippen LogP contribution in [0, 0.1) is 17.2 Å². The van der Waals surface area contributed by atoms with E-state index in [4.69, 9.17) is 0 Å². The third-order valence-electron chi connectivity index (χ3n) is 6.78. The molecule has 0 amide bonds. The van der Waals surface area contributed by atoms with E-state index in [0.29, 0.717) is 24.3 Å². The number of fused-ring (bicyclic) bond motifs is 1. The second-order valence-electron chi connectivity index (χ2n) is 10.1. The first kappa shape index (κ1) is 25.9. The van der Waals surface area contributed by atoms with Gasteiger partial charge in [-0.2, -0.15) is 18.4 Å². The maximum Gasteiger partial charge on any atom is 0.416 e. The summed E-state index contributed by atoms with van der Waals surface area (Å²) in [5.41, 5.74) is 3.34. The highest BCUT2D eigenvalue weighted by Gasteiger charge is 2.36. The van der Waals surface area contributed by atoms with E-state index >= 15 is 0 Å². The van der Waals surface area contributed by atoms with Gasteiger partial charge in [-0.15, -0.1) is 0 Å². The van der Waals surface area contributed by atoms with Crippen LogP contribution in [0.15, 0.2) is 24.3 Å². The molecule has 1 heterocycles. The number of benzene rings is 1. The van der Waals surface area contributed by atoms with Crippen LogP contribution in [0.4, 0.5) is 13.2 Å². The molecule has 0 aliphatic heterocycles. The molecular weight excluding hydrogens is 441 g/mol. The number of nitriles is 1. The molecule has 184 valence electrons. The number of carboxylic acids is 1. The van der Waals surface area contributed by atoms with E-state index in [1.165, 1.54) is 12.1 Å². The quantitative estimate of drug-likeness (QED) is 0.433. The summed E-state index contributed by atoms with van der Waals surface area (Å²) in [7, 11) is 0. The zero-order valence-electron chi connectivity index (χ0n) is 20.2. The first-order chi connectivity index (χ1) is 16.0. The molecule has 0 radical (unpaired) electrons. The van der Waals surface area contributed by atoms with Crippen LogP contribution in [-0.2, 0) is 17.4 Å². The fourth-order valence-corrected chi connectivity index (χ4v) is 5.30. The van der Waals surface area contributed by atoms with E-state index in [-0.39, 0.29) is 24.3 Å². The van der Waals surface area contributed by atoms with Gasteiger partial charge >= 0.3 is 12.1 Å². The van der Waals surface area contributed by atoms with Crippen molar-refractivity contribution in [3.8, 4) is 6.07 Å². The summed E-state index contributed by atoms with van der Waals surface area (Å²) >= 11 is 0. The van der Waals surface area contributed by atoms with E-state index in [9.17, 15) is 28.3 Å². The van der Waals surface area contributed by atoms with Gasteiger partial charge in [-0.05, 0) is 67.2 Å². The van der Waals surface area contributed by atoms with Crippen LogP contribution in [0.3, 0.4) is 0 Å². The monoisotopic (exact) mass is 474 g/mol. The minimum Gasteiger partial charge on any atom is -0.481 e. The Balaban J connectivity index is 2.27. The van der Waals surface area contributed by atoms with Crippen molar-refractivity contribution in [1.29, 1.82) is 5.26 Å². The SMILES string of the molecule is CC(C)CC[C@@H](c1ccc(C(F)(F)F)cc1)n1c(C(C)C)c(C#N)c2c1C(CC(=O)O)CCC2. The smallest absolute Gasteiger partial charge is 0.416 e. The number of carboxylic acid groups (broad SMARTS) is 1. The lowest BCUT2D eigenvalue weighted by Crippen LogP contribution is -2.23. The fourth-order valence-electron chi connectivity index (χ4n) is 5.30. The predicted octanol–water partition coefficient (Wildman–Crippen LogP) is 7.42. The summed E-state index contributed by atoms with van der Waals surface area (Å²) in [5, 5.41) is 19.7. The fraction of sp³-hybridized carbons (Fsp3) is 0.556. The van der Waals surface area contributed by atoms with Crippen LogP contribution in [0.1, 0.15) is 111 Å². The highest BCUT2D eigenvalue weighted by atomic mass is 19.4. The Hall–Kier alpha value is -2.75. The Kier molecular flexibility index (Phi) is 7.80. The van der Waals surface area contributed by atoms with Gasteiger partial charge in [-0.1, -0.05) is 39.8 Å². The van der Waals surface area contributed by atoms with E-state index in [0.717, 1.165) is 53.9 Å². The molecule has 34 heavy (non-hydrogen) atoms. The average Bonchev–Trinajstić information content (AvgIpc) is 3.08. The molecule has 1 aromatic carbocycles.